The molecule has 2 N–H and O–H groups in total. The zero-order valence-corrected chi connectivity index (χ0v) is 16.1. The lowest BCUT2D eigenvalue weighted by molar-refractivity contribution is -0.141. The molecule has 0 aliphatic carbocycles. The molecule has 0 fully saturated rings. The van der Waals surface area contributed by atoms with E-state index in [9.17, 15) is 9.59 Å². The molecule has 0 spiro atoms. The van der Waals surface area contributed by atoms with Gasteiger partial charge in [0, 0.05) is 43.5 Å². The summed E-state index contributed by atoms with van der Waals surface area (Å²) in [6.45, 7) is 4.42. The van der Waals surface area contributed by atoms with Crippen molar-refractivity contribution < 1.29 is 19.1 Å². The summed E-state index contributed by atoms with van der Waals surface area (Å²) in [7, 11) is 0. The summed E-state index contributed by atoms with van der Waals surface area (Å²) in [6.07, 6.45) is 1.23. The molecule has 3 rings (SSSR count). The van der Waals surface area contributed by atoms with E-state index in [4.69, 9.17) is 32.7 Å². The SMILES string of the molecule is CC(=O)OCCCOc1cc(Cl)c(Cl)c2[nH]c3c(c12)C(C)C(=O)NCC3. The van der Waals surface area contributed by atoms with Gasteiger partial charge < -0.3 is 19.8 Å². The third-order valence-electron chi connectivity index (χ3n) is 4.41. The number of carbonyl (C=O) groups is 2. The van der Waals surface area contributed by atoms with Crippen LogP contribution >= 0.6 is 23.2 Å². The van der Waals surface area contributed by atoms with Crippen molar-refractivity contribution in [2.75, 3.05) is 19.8 Å². The molecular formula is C18H20Cl2N2O4. The molecule has 0 radical (unpaired) electrons. The van der Waals surface area contributed by atoms with Gasteiger partial charge in [0.1, 0.15) is 5.75 Å². The number of rotatable bonds is 5. The summed E-state index contributed by atoms with van der Waals surface area (Å²) < 4.78 is 10.8. The first-order valence-corrected chi connectivity index (χ1v) is 9.22. The molecule has 1 atom stereocenters. The van der Waals surface area contributed by atoms with Crippen molar-refractivity contribution >= 4 is 46.0 Å². The highest BCUT2D eigenvalue weighted by molar-refractivity contribution is 6.45. The summed E-state index contributed by atoms with van der Waals surface area (Å²) in [5, 5.41) is 4.47. The number of hydrogen-bond acceptors (Lipinski definition) is 4. The normalized spacial score (nSPS) is 16.8. The number of fused-ring (bicyclic) bond motifs is 3. The second kappa shape index (κ2) is 7.76. The van der Waals surface area contributed by atoms with Crippen LogP contribution in [-0.2, 0) is 20.7 Å². The van der Waals surface area contributed by atoms with E-state index in [0.29, 0.717) is 47.3 Å². The van der Waals surface area contributed by atoms with Crippen LogP contribution in [-0.4, -0.2) is 36.6 Å². The number of esters is 1. The molecule has 8 heteroatoms. The first kappa shape index (κ1) is 18.9. The van der Waals surface area contributed by atoms with Gasteiger partial charge >= 0.3 is 5.97 Å². The number of halogens is 2. The highest BCUT2D eigenvalue weighted by atomic mass is 35.5. The molecule has 2 aromatic rings. The van der Waals surface area contributed by atoms with Crippen molar-refractivity contribution in [2.45, 2.75) is 32.6 Å². The molecule has 1 aromatic carbocycles. The fraction of sp³-hybridized carbons (Fsp3) is 0.444. The third kappa shape index (κ3) is 3.62. The van der Waals surface area contributed by atoms with Gasteiger partial charge in [-0.1, -0.05) is 23.2 Å². The standard InChI is InChI=1S/C18H20Cl2N2O4/c1-9-14-12(4-5-21-18(9)24)22-17-15(14)13(8-11(19)16(17)20)26-7-3-6-25-10(2)23/h8-9,22H,3-7H2,1-2H3,(H,21,24). The minimum atomic E-state index is -0.332. The smallest absolute Gasteiger partial charge is 0.302 e. The van der Waals surface area contributed by atoms with Crippen molar-refractivity contribution in [3.63, 3.8) is 0 Å². The zero-order valence-electron chi connectivity index (χ0n) is 14.6. The molecule has 1 aromatic heterocycles. The van der Waals surface area contributed by atoms with E-state index < -0.39 is 0 Å². The Hall–Kier alpha value is -1.92. The number of nitrogens with one attached hydrogen (secondary N) is 2. The first-order valence-electron chi connectivity index (χ1n) is 8.46. The average Bonchev–Trinajstić information content (AvgIpc) is 2.91. The number of carbonyl (C=O) groups excluding carboxylic acids is 2. The Morgan fingerprint density at radius 2 is 2.12 bits per heavy atom. The van der Waals surface area contributed by atoms with Crippen LogP contribution in [0.5, 0.6) is 5.75 Å². The molecule has 6 nitrogen and oxygen atoms in total. The number of hydrogen-bond donors (Lipinski definition) is 2. The molecule has 26 heavy (non-hydrogen) atoms. The number of ether oxygens (including phenoxy) is 2. The Bertz CT molecular complexity index is 863. The fourth-order valence-electron chi connectivity index (χ4n) is 3.20. The summed E-state index contributed by atoms with van der Waals surface area (Å²) in [5.74, 6) is -0.118. The summed E-state index contributed by atoms with van der Waals surface area (Å²) in [4.78, 5) is 26.4. The van der Waals surface area contributed by atoms with Gasteiger partial charge in [0.25, 0.3) is 0 Å². The van der Waals surface area contributed by atoms with Crippen LogP contribution in [0.2, 0.25) is 10.0 Å². The van der Waals surface area contributed by atoms with Crippen LogP contribution in [0.1, 0.15) is 37.4 Å². The van der Waals surface area contributed by atoms with Crippen molar-refractivity contribution in [2.24, 2.45) is 0 Å². The van der Waals surface area contributed by atoms with Crippen LogP contribution in [0.25, 0.3) is 10.9 Å². The van der Waals surface area contributed by atoms with Gasteiger partial charge in [-0.25, -0.2) is 0 Å². The minimum Gasteiger partial charge on any atom is -0.493 e. The van der Waals surface area contributed by atoms with Crippen LogP contribution in [0.15, 0.2) is 6.07 Å². The van der Waals surface area contributed by atoms with Gasteiger partial charge in [0.05, 0.1) is 34.7 Å². The quantitative estimate of drug-likeness (QED) is 0.595. The molecule has 0 bridgehead atoms. The van der Waals surface area contributed by atoms with Gasteiger partial charge in [-0.05, 0) is 12.5 Å². The van der Waals surface area contributed by atoms with E-state index in [1.807, 2.05) is 6.92 Å². The lowest BCUT2D eigenvalue weighted by atomic mass is 9.96. The van der Waals surface area contributed by atoms with Crippen LogP contribution in [0.4, 0.5) is 0 Å². The predicted molar refractivity (Wildman–Crippen MR) is 100 cm³/mol. The molecule has 1 aliphatic heterocycles. The Morgan fingerprint density at radius 3 is 2.85 bits per heavy atom. The molecule has 2 heterocycles. The summed E-state index contributed by atoms with van der Waals surface area (Å²) in [5.41, 5.74) is 2.53. The Labute approximate surface area is 161 Å². The molecular weight excluding hydrogens is 379 g/mol. The van der Waals surface area contributed by atoms with E-state index in [0.717, 1.165) is 16.6 Å². The van der Waals surface area contributed by atoms with Crippen molar-refractivity contribution in [1.82, 2.24) is 10.3 Å². The van der Waals surface area contributed by atoms with Gasteiger partial charge in [-0.3, -0.25) is 9.59 Å². The van der Waals surface area contributed by atoms with Gasteiger partial charge in [-0.2, -0.15) is 0 Å². The number of benzene rings is 1. The van der Waals surface area contributed by atoms with Gasteiger partial charge in [0.2, 0.25) is 5.91 Å². The lowest BCUT2D eigenvalue weighted by Crippen LogP contribution is -2.26. The number of aromatic amines is 1. The maximum absolute atomic E-state index is 12.3. The van der Waals surface area contributed by atoms with Crippen molar-refractivity contribution in [1.29, 1.82) is 0 Å². The second-order valence-electron chi connectivity index (χ2n) is 6.24. The molecule has 1 amide bonds. The monoisotopic (exact) mass is 398 g/mol. The summed E-state index contributed by atoms with van der Waals surface area (Å²) >= 11 is 12.6. The van der Waals surface area contributed by atoms with Crippen LogP contribution in [0.3, 0.4) is 0 Å². The molecule has 140 valence electrons. The van der Waals surface area contributed by atoms with Crippen molar-refractivity contribution in [3.05, 3.63) is 27.4 Å². The molecule has 0 saturated carbocycles. The Balaban J connectivity index is 1.97. The van der Waals surface area contributed by atoms with Gasteiger partial charge in [0.15, 0.2) is 0 Å². The molecule has 1 aliphatic rings. The van der Waals surface area contributed by atoms with E-state index in [1.165, 1.54) is 6.92 Å². The van der Waals surface area contributed by atoms with Crippen molar-refractivity contribution in [3.8, 4) is 5.75 Å². The Kier molecular flexibility index (Phi) is 5.63. The second-order valence-corrected chi connectivity index (χ2v) is 7.03. The number of amides is 1. The third-order valence-corrected chi connectivity index (χ3v) is 5.19. The topological polar surface area (TPSA) is 80.4 Å². The van der Waals surface area contributed by atoms with Crippen LogP contribution < -0.4 is 10.1 Å². The average molecular weight is 399 g/mol. The predicted octanol–water partition coefficient (Wildman–Crippen LogP) is 3.58. The maximum atomic E-state index is 12.3. The van der Waals surface area contributed by atoms with E-state index in [2.05, 4.69) is 10.3 Å². The summed E-state index contributed by atoms with van der Waals surface area (Å²) in [6, 6.07) is 1.67. The highest BCUT2D eigenvalue weighted by Crippen LogP contribution is 2.43. The van der Waals surface area contributed by atoms with E-state index in [1.54, 1.807) is 6.07 Å². The van der Waals surface area contributed by atoms with E-state index >= 15 is 0 Å². The largest absolute Gasteiger partial charge is 0.493 e. The fourth-order valence-corrected chi connectivity index (χ4v) is 3.59. The number of H-pyrrole nitrogens is 1. The first-order chi connectivity index (χ1) is 12.4. The lowest BCUT2D eigenvalue weighted by Gasteiger charge is -2.13. The molecule has 0 saturated heterocycles. The Morgan fingerprint density at radius 1 is 1.35 bits per heavy atom. The zero-order chi connectivity index (χ0) is 18.8. The highest BCUT2D eigenvalue weighted by Gasteiger charge is 2.29. The van der Waals surface area contributed by atoms with E-state index in [-0.39, 0.29) is 24.4 Å². The van der Waals surface area contributed by atoms with Gasteiger partial charge in [-0.15, -0.1) is 0 Å². The van der Waals surface area contributed by atoms with Crippen LogP contribution in [0, 0.1) is 0 Å². The minimum absolute atomic E-state index is 0.0310. The maximum Gasteiger partial charge on any atom is 0.302 e. The molecule has 1 unspecified atom stereocenters. The number of aromatic nitrogens is 1.